The molecule has 4 aliphatic heterocycles. The molecule has 5 N–H and O–H groups in total. The molecule has 6 aromatic rings. The number of carbonyl (C=O) groups excluding carboxylic acids is 8. The van der Waals surface area contributed by atoms with Crippen molar-refractivity contribution >= 4 is 93.0 Å². The van der Waals surface area contributed by atoms with Crippen molar-refractivity contribution in [1.82, 2.24) is 45.5 Å². The van der Waals surface area contributed by atoms with Gasteiger partial charge in [-0.3, -0.25) is 58.1 Å². The van der Waals surface area contributed by atoms with Gasteiger partial charge >= 0.3 is 5.97 Å². The Morgan fingerprint density at radius 2 is 1.40 bits per heavy atom. The van der Waals surface area contributed by atoms with Crippen LogP contribution in [-0.2, 0) is 73.2 Å². The number of benzene rings is 3. The number of β-amino-alcohol motifs (C(OH)–C–C–N with tert-alkyl or cyclic N) is 1. The molecule has 10 rings (SSSR count). The number of amides is 7. The van der Waals surface area contributed by atoms with Crippen LogP contribution in [0.1, 0.15) is 125 Å². The number of esters is 1. The molecule has 7 heterocycles. The first-order valence-corrected chi connectivity index (χ1v) is 36.8. The van der Waals surface area contributed by atoms with Crippen LogP contribution in [0.15, 0.2) is 71.2 Å². The standard InChI is InChI=1S/C73H89ClFN11O17S2/c1-42-44(3)105-71-61(42)62(47-13-15-49(74)16-14-47)79-55(65-83-82-45(4)85(65)71)34-60(90)103-30-29-99-24-23-98-26-28-101-39-73(8,38-100-27-25-97-22-21-96-20-19-76-54-33-52-51(32-53(54)75)68(93)86(69(52)94)56-17-18-58(88)81-67(56)92)40-102-37-59(89)80-64(72(5,6)7)70(95)84-36-50(87)31-57(84)66(91)77-35-46-9-11-48(12-10-46)63-43(2)78-41-104-63/h9-16,32-33,41,50,55-57,64,76,87H,17-31,34-40H2,1-8H3,(H,77,91)(H,80,89)(H,81,88,92)/t50-,55+,56?,57+,64-,73?/m1/s1. The van der Waals surface area contributed by atoms with Gasteiger partial charge < -0.3 is 63.9 Å². The summed E-state index contributed by atoms with van der Waals surface area (Å²) in [4.78, 5) is 120. The lowest BCUT2D eigenvalue weighted by Gasteiger charge is -2.35. The van der Waals surface area contributed by atoms with Crippen LogP contribution in [0, 0.1) is 44.3 Å². The van der Waals surface area contributed by atoms with Crippen molar-refractivity contribution in [2.75, 3.05) is 118 Å². The molecule has 2 unspecified atom stereocenters. The van der Waals surface area contributed by atoms with Gasteiger partial charge in [0.2, 0.25) is 29.5 Å². The SMILES string of the molecule is Cc1ncsc1-c1ccc(CNC(=O)[C@@H]2C[C@@H](O)CN2C(=O)[C@@H](NC(=O)COCC(C)(COCCOCCOCCNc2cc3c(cc2F)C(=O)N(C2CCC(=O)NC2=O)C3=O)COCCOCCOCCOC(=O)C[C@@H]2N=C(c3ccc(Cl)cc3)c3c(sc(C)c3C)-n3c(C)nnc32)C(C)(C)C)cc1. The summed E-state index contributed by atoms with van der Waals surface area (Å²) in [5, 5.41) is 31.9. The molecule has 28 nitrogen and oxygen atoms in total. The zero-order valence-electron chi connectivity index (χ0n) is 60.0. The number of nitrogens with zero attached hydrogens (tertiary/aromatic N) is 7. The second kappa shape index (κ2) is 36.3. The molecule has 32 heteroatoms. The molecular formula is C73H89ClFN11O17S2. The number of anilines is 1. The number of nitrogens with one attached hydrogen (secondary N) is 4. The van der Waals surface area contributed by atoms with Gasteiger partial charge in [0.15, 0.2) is 5.82 Å². The first-order chi connectivity index (χ1) is 50.3. The number of thiazole rings is 1. The Balaban J connectivity index is 0.659. The Hall–Kier alpha value is -8.34. The molecule has 0 saturated carbocycles. The summed E-state index contributed by atoms with van der Waals surface area (Å²) < 4.78 is 63.8. The summed E-state index contributed by atoms with van der Waals surface area (Å²) in [6.07, 6.45) is -1.10. The van der Waals surface area contributed by atoms with Crippen LogP contribution in [-0.4, -0.2) is 224 Å². The number of thiophene rings is 1. The van der Waals surface area contributed by atoms with E-state index in [1.54, 1.807) is 49.0 Å². The number of aromatic nitrogens is 4. The number of aliphatic hydroxyl groups is 1. The highest BCUT2D eigenvalue weighted by Crippen LogP contribution is 2.40. The van der Waals surface area contributed by atoms with Gasteiger partial charge in [0.1, 0.15) is 54.0 Å². The summed E-state index contributed by atoms with van der Waals surface area (Å²) in [7, 11) is 0. The quantitative estimate of drug-likeness (QED) is 0.0153. The highest BCUT2D eigenvalue weighted by molar-refractivity contribution is 7.15. The zero-order chi connectivity index (χ0) is 75.1. The minimum atomic E-state index is -1.18. The average molecular weight is 1510 g/mol. The smallest absolute Gasteiger partial charge is 0.308 e. The van der Waals surface area contributed by atoms with E-state index < -0.39 is 101 Å². The first-order valence-electron chi connectivity index (χ1n) is 34.7. The van der Waals surface area contributed by atoms with Crippen LogP contribution in [0.3, 0.4) is 0 Å². The van der Waals surface area contributed by atoms with E-state index >= 15 is 4.39 Å². The van der Waals surface area contributed by atoms with Crippen LogP contribution >= 0.6 is 34.3 Å². The predicted molar refractivity (Wildman–Crippen MR) is 386 cm³/mol. The number of hydrogen-bond donors (Lipinski definition) is 5. The third-order valence-corrected chi connectivity index (χ3v) is 20.5. The normalized spacial score (nSPS) is 18.1. The van der Waals surface area contributed by atoms with E-state index in [1.807, 2.05) is 73.9 Å². The summed E-state index contributed by atoms with van der Waals surface area (Å²) in [5.74, 6) is -4.46. The first kappa shape index (κ1) is 79.2. The van der Waals surface area contributed by atoms with Gasteiger partial charge in [0, 0.05) is 58.9 Å². The number of hydrogen-bond acceptors (Lipinski definition) is 24. The van der Waals surface area contributed by atoms with Crippen molar-refractivity contribution in [3.05, 3.63) is 133 Å². The number of carbonyl (C=O) groups is 8. The zero-order valence-corrected chi connectivity index (χ0v) is 62.4. The third kappa shape index (κ3) is 20.2. The van der Waals surface area contributed by atoms with E-state index in [-0.39, 0.29) is 155 Å². The maximum absolute atomic E-state index is 15.1. The fourth-order valence-corrected chi connectivity index (χ4v) is 14.6. The molecule has 4 aliphatic rings. The van der Waals surface area contributed by atoms with Crippen LogP contribution in [0.4, 0.5) is 10.1 Å². The van der Waals surface area contributed by atoms with Gasteiger partial charge in [-0.2, -0.15) is 0 Å². The van der Waals surface area contributed by atoms with E-state index in [4.69, 9.17) is 54.5 Å². The highest BCUT2D eigenvalue weighted by Gasteiger charge is 2.47. The van der Waals surface area contributed by atoms with E-state index in [9.17, 15) is 43.5 Å². The second-order valence-corrected chi connectivity index (χ2v) is 29.9. The van der Waals surface area contributed by atoms with Crippen molar-refractivity contribution < 1.29 is 85.7 Å². The minimum Gasteiger partial charge on any atom is -0.463 e. The van der Waals surface area contributed by atoms with Gasteiger partial charge in [-0.1, -0.05) is 75.7 Å². The molecule has 0 bridgehead atoms. The molecule has 3 aromatic carbocycles. The second-order valence-electron chi connectivity index (χ2n) is 27.4. The highest BCUT2D eigenvalue weighted by atomic mass is 35.5. The van der Waals surface area contributed by atoms with Gasteiger partial charge in [-0.15, -0.1) is 32.9 Å². The van der Waals surface area contributed by atoms with Crippen LogP contribution < -0.4 is 21.3 Å². The molecule has 564 valence electrons. The van der Waals surface area contributed by atoms with Gasteiger partial charge in [0.05, 0.1) is 137 Å². The Kier molecular flexibility index (Phi) is 27.4. The molecule has 0 spiro atoms. The Bertz CT molecular complexity index is 4150. The van der Waals surface area contributed by atoms with Crippen LogP contribution in [0.2, 0.25) is 5.02 Å². The number of halogens is 2. The largest absolute Gasteiger partial charge is 0.463 e. The predicted octanol–water partition coefficient (Wildman–Crippen LogP) is 6.75. The molecule has 105 heavy (non-hydrogen) atoms. The van der Waals surface area contributed by atoms with E-state index in [2.05, 4.69) is 50.3 Å². The van der Waals surface area contributed by atoms with E-state index in [0.29, 0.717) is 16.7 Å². The molecule has 3 aromatic heterocycles. The lowest BCUT2D eigenvalue weighted by atomic mass is 9.85. The fourth-order valence-electron chi connectivity index (χ4n) is 12.5. The fraction of sp³-hybridized carbons (Fsp3) is 0.507. The topological polar surface area (TPSA) is 341 Å². The number of ether oxygens (including phenoxy) is 8. The molecule has 6 atom stereocenters. The summed E-state index contributed by atoms with van der Waals surface area (Å²) >= 11 is 9.43. The number of aliphatic imine (C=N–C) groups is 1. The lowest BCUT2D eigenvalue weighted by molar-refractivity contribution is -0.146. The monoisotopic (exact) mass is 1510 g/mol. The Morgan fingerprint density at radius 1 is 0.781 bits per heavy atom. The van der Waals surface area contributed by atoms with Crippen LogP contribution in [0.5, 0.6) is 0 Å². The Morgan fingerprint density at radius 3 is 2.04 bits per heavy atom. The number of aliphatic hydroxyl groups excluding tert-OH is 1. The number of rotatable bonds is 37. The molecule has 0 aliphatic carbocycles. The number of likely N-dealkylation sites (tertiary alicyclic amines) is 1. The number of imide groups is 2. The van der Waals surface area contributed by atoms with Gasteiger partial charge in [-0.25, -0.2) is 9.37 Å². The number of aryl methyl sites for hydroxylation is 3. The van der Waals surface area contributed by atoms with Crippen molar-refractivity contribution in [2.45, 2.75) is 118 Å². The van der Waals surface area contributed by atoms with Crippen LogP contribution in [0.25, 0.3) is 15.4 Å². The summed E-state index contributed by atoms with van der Waals surface area (Å²) in [6.45, 7) is 16.8. The van der Waals surface area contributed by atoms with Crippen molar-refractivity contribution in [3.8, 4) is 15.4 Å². The Labute approximate surface area is 620 Å². The van der Waals surface area contributed by atoms with Crippen molar-refractivity contribution in [1.29, 1.82) is 0 Å². The number of piperidine rings is 1. The maximum Gasteiger partial charge on any atom is 0.308 e. The minimum absolute atomic E-state index is 0.00516. The van der Waals surface area contributed by atoms with Crippen molar-refractivity contribution in [2.24, 2.45) is 15.8 Å². The van der Waals surface area contributed by atoms with Gasteiger partial charge in [0.25, 0.3) is 11.8 Å². The van der Waals surface area contributed by atoms with E-state index in [1.165, 1.54) is 11.0 Å². The van der Waals surface area contributed by atoms with Crippen molar-refractivity contribution in [3.63, 3.8) is 0 Å². The lowest BCUT2D eigenvalue weighted by Crippen LogP contribution is -2.58. The molecule has 2 saturated heterocycles. The molecule has 2 fully saturated rings. The summed E-state index contributed by atoms with van der Waals surface area (Å²) in [5.41, 5.74) is 6.23. The number of fused-ring (bicyclic) bond motifs is 4. The molecular weight excluding hydrogens is 1420 g/mol. The molecule has 0 radical (unpaired) electrons. The van der Waals surface area contributed by atoms with E-state index in [0.717, 1.165) is 64.9 Å². The maximum atomic E-state index is 15.1. The average Bonchev–Trinajstić information content (AvgIpc) is 1.62. The third-order valence-electron chi connectivity index (χ3n) is 18.1. The van der Waals surface area contributed by atoms with Gasteiger partial charge in [-0.05, 0) is 80.5 Å². The molecule has 7 amide bonds. The summed E-state index contributed by atoms with van der Waals surface area (Å²) in [6, 6.07) is 13.4.